The molecule has 3 heterocycles. The second kappa shape index (κ2) is 6.16. The molecule has 0 aliphatic heterocycles. The summed E-state index contributed by atoms with van der Waals surface area (Å²) >= 11 is 0. The summed E-state index contributed by atoms with van der Waals surface area (Å²) in [5, 5.41) is 0. The number of imidazole rings is 2. The van der Waals surface area contributed by atoms with Gasteiger partial charge in [0.25, 0.3) is 5.56 Å². The lowest BCUT2D eigenvalue weighted by Gasteiger charge is -2.08. The molecule has 8 heteroatoms. The Hall–Kier alpha value is -3.55. The van der Waals surface area contributed by atoms with Crippen LogP contribution < -0.4 is 5.56 Å². The SMILES string of the molecule is O=C(Cn1ccnc1-c1ccccc1)Cn1cnc2c(=O)[nH]cnc21. The van der Waals surface area contributed by atoms with Crippen molar-refractivity contribution in [3.8, 4) is 11.4 Å². The monoisotopic (exact) mass is 334 g/mol. The molecular weight excluding hydrogens is 320 g/mol. The third-order valence-corrected chi connectivity index (χ3v) is 3.85. The van der Waals surface area contributed by atoms with E-state index in [0.29, 0.717) is 5.65 Å². The zero-order valence-corrected chi connectivity index (χ0v) is 13.2. The van der Waals surface area contributed by atoms with E-state index in [0.717, 1.165) is 11.4 Å². The molecule has 3 aromatic heterocycles. The van der Waals surface area contributed by atoms with Crippen molar-refractivity contribution in [2.75, 3.05) is 0 Å². The van der Waals surface area contributed by atoms with E-state index in [1.165, 1.54) is 12.7 Å². The highest BCUT2D eigenvalue weighted by atomic mass is 16.1. The van der Waals surface area contributed by atoms with Crippen molar-refractivity contribution in [2.45, 2.75) is 13.1 Å². The summed E-state index contributed by atoms with van der Waals surface area (Å²) in [4.78, 5) is 39.1. The van der Waals surface area contributed by atoms with Gasteiger partial charge in [-0.05, 0) is 0 Å². The van der Waals surface area contributed by atoms with Crippen LogP contribution in [0.15, 0.2) is 60.2 Å². The summed E-state index contributed by atoms with van der Waals surface area (Å²) in [5.41, 5.74) is 1.24. The van der Waals surface area contributed by atoms with Crippen molar-refractivity contribution >= 4 is 16.9 Å². The second-order valence-corrected chi connectivity index (χ2v) is 5.56. The summed E-state index contributed by atoms with van der Waals surface area (Å²) in [5.74, 6) is 0.690. The molecule has 25 heavy (non-hydrogen) atoms. The number of carbonyl (C=O) groups excluding carboxylic acids is 1. The van der Waals surface area contributed by atoms with Crippen molar-refractivity contribution in [3.63, 3.8) is 0 Å². The minimum atomic E-state index is -0.322. The lowest BCUT2D eigenvalue weighted by molar-refractivity contribution is -0.120. The van der Waals surface area contributed by atoms with Gasteiger partial charge in [-0.1, -0.05) is 30.3 Å². The number of ketones is 1. The third kappa shape index (κ3) is 2.85. The Kier molecular flexibility index (Phi) is 3.70. The maximum Gasteiger partial charge on any atom is 0.278 e. The molecule has 0 aliphatic rings. The first-order valence-electron chi connectivity index (χ1n) is 7.69. The van der Waals surface area contributed by atoms with E-state index < -0.39 is 0 Å². The number of hydrogen-bond donors (Lipinski definition) is 1. The van der Waals surface area contributed by atoms with Gasteiger partial charge >= 0.3 is 0 Å². The Morgan fingerprint density at radius 1 is 1.04 bits per heavy atom. The first-order chi connectivity index (χ1) is 12.2. The molecule has 0 saturated carbocycles. The normalized spacial score (nSPS) is 11.0. The maximum atomic E-state index is 12.5. The number of fused-ring (bicyclic) bond motifs is 1. The quantitative estimate of drug-likeness (QED) is 0.592. The number of rotatable bonds is 5. The molecule has 4 aromatic rings. The molecule has 0 radical (unpaired) electrons. The molecular formula is C17H14N6O2. The molecule has 0 unspecified atom stereocenters. The van der Waals surface area contributed by atoms with Gasteiger partial charge in [-0.3, -0.25) is 9.59 Å². The van der Waals surface area contributed by atoms with E-state index in [9.17, 15) is 9.59 Å². The summed E-state index contributed by atoms with van der Waals surface area (Å²) in [7, 11) is 0. The number of aromatic amines is 1. The summed E-state index contributed by atoms with van der Waals surface area (Å²) in [6.45, 7) is 0.256. The number of aromatic nitrogens is 6. The highest BCUT2D eigenvalue weighted by Gasteiger charge is 2.13. The van der Waals surface area contributed by atoms with E-state index >= 15 is 0 Å². The number of carbonyl (C=O) groups is 1. The lowest BCUT2D eigenvalue weighted by Crippen LogP contribution is -2.17. The first kappa shape index (κ1) is 15.0. The molecule has 8 nitrogen and oxygen atoms in total. The molecule has 0 spiro atoms. The smallest absolute Gasteiger partial charge is 0.278 e. The van der Waals surface area contributed by atoms with Gasteiger partial charge in [-0.2, -0.15) is 0 Å². The highest BCUT2D eigenvalue weighted by molar-refractivity contribution is 5.80. The van der Waals surface area contributed by atoms with Gasteiger partial charge in [0, 0.05) is 18.0 Å². The van der Waals surface area contributed by atoms with Crippen LogP contribution in [0.2, 0.25) is 0 Å². The summed E-state index contributed by atoms with van der Waals surface area (Å²) < 4.78 is 3.38. The van der Waals surface area contributed by atoms with E-state index in [1.807, 2.05) is 30.3 Å². The molecule has 1 aromatic carbocycles. The molecule has 0 fully saturated rings. The zero-order valence-electron chi connectivity index (χ0n) is 13.2. The zero-order chi connectivity index (χ0) is 17.2. The third-order valence-electron chi connectivity index (χ3n) is 3.85. The molecule has 1 N–H and O–H groups in total. The predicted molar refractivity (Wildman–Crippen MR) is 90.8 cm³/mol. The topological polar surface area (TPSA) is 98.5 Å². The fourth-order valence-corrected chi connectivity index (χ4v) is 2.72. The van der Waals surface area contributed by atoms with Crippen LogP contribution in [0.3, 0.4) is 0 Å². The van der Waals surface area contributed by atoms with Gasteiger partial charge in [-0.25, -0.2) is 15.0 Å². The number of Topliss-reactive ketones (excluding diaryl/α,β-unsaturated/α-hetero) is 1. The van der Waals surface area contributed by atoms with Crippen LogP contribution in [-0.2, 0) is 17.9 Å². The number of hydrogen-bond acceptors (Lipinski definition) is 5. The van der Waals surface area contributed by atoms with Crippen molar-refractivity contribution in [1.82, 2.24) is 29.1 Å². The van der Waals surface area contributed by atoms with Crippen LogP contribution in [-0.4, -0.2) is 34.9 Å². The molecule has 0 amide bonds. The van der Waals surface area contributed by atoms with Gasteiger partial charge in [0.05, 0.1) is 25.7 Å². The average molecular weight is 334 g/mol. The van der Waals surface area contributed by atoms with E-state index in [4.69, 9.17) is 0 Å². The fraction of sp³-hybridized carbons (Fsp3) is 0.118. The minimum absolute atomic E-state index is 0.0448. The Balaban J connectivity index is 1.56. The Morgan fingerprint density at radius 3 is 2.68 bits per heavy atom. The first-order valence-corrected chi connectivity index (χ1v) is 7.69. The van der Waals surface area contributed by atoms with Crippen molar-refractivity contribution in [3.05, 3.63) is 65.7 Å². The molecule has 4 rings (SSSR count). The molecule has 0 saturated heterocycles. The minimum Gasteiger partial charge on any atom is -0.323 e. The number of H-pyrrole nitrogens is 1. The van der Waals surface area contributed by atoms with Gasteiger partial charge in [-0.15, -0.1) is 0 Å². The van der Waals surface area contributed by atoms with Crippen LogP contribution in [0.4, 0.5) is 0 Å². The van der Waals surface area contributed by atoms with Crippen LogP contribution in [0.5, 0.6) is 0 Å². The highest BCUT2D eigenvalue weighted by Crippen LogP contribution is 2.16. The van der Waals surface area contributed by atoms with Crippen LogP contribution >= 0.6 is 0 Å². The molecule has 0 aliphatic carbocycles. The number of nitrogens with one attached hydrogen (secondary N) is 1. The van der Waals surface area contributed by atoms with Gasteiger partial charge in [0.2, 0.25) is 0 Å². The molecule has 0 bridgehead atoms. The van der Waals surface area contributed by atoms with Crippen LogP contribution in [0.25, 0.3) is 22.6 Å². The molecule has 0 atom stereocenters. The van der Waals surface area contributed by atoms with Gasteiger partial charge in [0.1, 0.15) is 5.82 Å². The van der Waals surface area contributed by atoms with Gasteiger partial charge < -0.3 is 14.1 Å². The Morgan fingerprint density at radius 2 is 1.84 bits per heavy atom. The maximum absolute atomic E-state index is 12.5. The number of benzene rings is 1. The average Bonchev–Trinajstić information content (AvgIpc) is 3.24. The van der Waals surface area contributed by atoms with E-state index in [-0.39, 0.29) is 29.9 Å². The Labute approximate surface area is 141 Å². The lowest BCUT2D eigenvalue weighted by atomic mass is 10.2. The van der Waals surface area contributed by atoms with Crippen molar-refractivity contribution in [1.29, 1.82) is 0 Å². The number of nitrogens with zero attached hydrogens (tertiary/aromatic N) is 5. The van der Waals surface area contributed by atoms with E-state index in [1.54, 1.807) is 21.5 Å². The van der Waals surface area contributed by atoms with Crippen LogP contribution in [0, 0.1) is 0 Å². The van der Waals surface area contributed by atoms with Crippen molar-refractivity contribution in [2.24, 2.45) is 0 Å². The fourth-order valence-electron chi connectivity index (χ4n) is 2.72. The predicted octanol–water partition coefficient (Wildman–Crippen LogP) is 1.25. The largest absolute Gasteiger partial charge is 0.323 e. The summed E-state index contributed by atoms with van der Waals surface area (Å²) in [6.07, 6.45) is 6.20. The van der Waals surface area contributed by atoms with Crippen molar-refractivity contribution < 1.29 is 4.79 Å². The van der Waals surface area contributed by atoms with Crippen LogP contribution in [0.1, 0.15) is 0 Å². The standard InChI is InChI=1S/C17H14N6O2/c24-13(9-23-11-21-14-16(23)19-10-20-17(14)25)8-22-7-6-18-15(22)12-4-2-1-3-5-12/h1-7,10-11H,8-9H2,(H,19,20,25). The summed E-state index contributed by atoms with van der Waals surface area (Å²) in [6, 6.07) is 9.68. The van der Waals surface area contributed by atoms with E-state index in [2.05, 4.69) is 19.9 Å². The molecule has 124 valence electrons. The Bertz CT molecular complexity index is 1090. The van der Waals surface area contributed by atoms with Gasteiger partial charge in [0.15, 0.2) is 16.9 Å². The second-order valence-electron chi connectivity index (χ2n) is 5.56.